The van der Waals surface area contributed by atoms with Crippen LogP contribution in [-0.4, -0.2) is 45.1 Å². The fourth-order valence-corrected chi connectivity index (χ4v) is 7.36. The number of pyridine rings is 1. The summed E-state index contributed by atoms with van der Waals surface area (Å²) < 4.78 is 130. The van der Waals surface area contributed by atoms with Crippen molar-refractivity contribution in [1.82, 2.24) is 29.9 Å². The van der Waals surface area contributed by atoms with Crippen molar-refractivity contribution >= 4 is 38.3 Å². The van der Waals surface area contributed by atoms with Gasteiger partial charge in [-0.25, -0.2) is 22.2 Å². The Morgan fingerprint density at radius 2 is 1.81 bits per heavy atom. The Balaban J connectivity index is 1.36. The minimum absolute atomic E-state index is 0.0427. The molecule has 0 saturated carbocycles. The van der Waals surface area contributed by atoms with Gasteiger partial charge in [-0.15, -0.1) is 0 Å². The summed E-state index contributed by atoms with van der Waals surface area (Å²) in [5.74, 6) is -5.72. The van der Waals surface area contributed by atoms with Crippen molar-refractivity contribution in [2.24, 2.45) is 13.0 Å². The lowest BCUT2D eigenvalue weighted by molar-refractivity contribution is -0.142. The van der Waals surface area contributed by atoms with Gasteiger partial charge in [-0.2, -0.15) is 37.4 Å². The number of amides is 1. The molecule has 0 spiro atoms. The number of nitrogens with zero attached hydrogens (tertiary/aromatic N) is 6. The number of fused-ring (bicyclic) bond motifs is 4. The van der Waals surface area contributed by atoms with Crippen LogP contribution >= 0.6 is 0 Å². The Labute approximate surface area is 300 Å². The van der Waals surface area contributed by atoms with Crippen LogP contribution in [0.3, 0.4) is 0 Å². The minimum Gasteiger partial charge on any atom is -0.396 e. The summed E-state index contributed by atoms with van der Waals surface area (Å²) in [7, 11) is -2.30. The number of anilines is 2. The molecule has 3 unspecified atom stereocenters. The molecule has 54 heavy (non-hydrogen) atoms. The first kappa shape index (κ1) is 36.2. The first-order valence-corrected chi connectivity index (χ1v) is 17.6. The molecule has 3 aromatic heterocycles. The number of sulfonamides is 1. The van der Waals surface area contributed by atoms with Crippen molar-refractivity contribution in [3.8, 4) is 29.0 Å². The highest BCUT2D eigenvalue weighted by atomic mass is 32.2. The predicted molar refractivity (Wildman–Crippen MR) is 178 cm³/mol. The second-order valence-electron chi connectivity index (χ2n) is 12.8. The van der Waals surface area contributed by atoms with Crippen LogP contribution in [0.2, 0.25) is 0 Å². The van der Waals surface area contributed by atoms with Gasteiger partial charge in [-0.3, -0.25) is 18.9 Å². The minimum atomic E-state index is -5.15. The Morgan fingerprint density at radius 3 is 2.43 bits per heavy atom. The Hall–Kier alpha value is -6.15. The van der Waals surface area contributed by atoms with Crippen LogP contribution in [0.15, 0.2) is 42.5 Å². The lowest BCUT2D eigenvalue weighted by Gasteiger charge is -2.24. The van der Waals surface area contributed by atoms with Crippen LogP contribution in [0.4, 0.5) is 42.2 Å². The van der Waals surface area contributed by atoms with Crippen LogP contribution in [0.5, 0.6) is 0 Å². The summed E-state index contributed by atoms with van der Waals surface area (Å²) >= 11 is 0. The van der Waals surface area contributed by atoms with Gasteiger partial charge in [0.1, 0.15) is 35.9 Å². The molecular formula is C34H24F7N9O3S. The Bertz CT molecular complexity index is 2620. The molecule has 0 saturated heterocycles. The molecule has 12 nitrogen and oxygen atoms in total. The van der Waals surface area contributed by atoms with Gasteiger partial charge in [0.15, 0.2) is 17.2 Å². The van der Waals surface area contributed by atoms with Gasteiger partial charge >= 0.3 is 12.1 Å². The van der Waals surface area contributed by atoms with Crippen LogP contribution < -0.4 is 15.8 Å². The molecule has 1 amide bonds. The van der Waals surface area contributed by atoms with Gasteiger partial charge in [-0.05, 0) is 36.2 Å². The number of benzene rings is 2. The maximum absolute atomic E-state index is 15.4. The monoisotopic (exact) mass is 771 g/mol. The molecule has 7 rings (SSSR count). The number of hydrogen-bond donors (Lipinski definition) is 3. The van der Waals surface area contributed by atoms with Crippen molar-refractivity contribution in [3.05, 3.63) is 88.0 Å². The largest absolute Gasteiger partial charge is 0.435 e. The molecule has 3 heterocycles. The lowest BCUT2D eigenvalue weighted by atomic mass is 9.84. The SMILES string of the molecule is Cn1nc(NS(C)(=O)=O)c2cccc(-c3cc(N)c(C#N)nc3C(Cc3cc(F)cc(F)c3)NC(=O)Cn3nc(C(F)(F)F)c4c3C(F)(F)C3C#CC43)c21. The third kappa shape index (κ3) is 6.21. The number of halogens is 7. The fourth-order valence-electron chi connectivity index (χ4n) is 6.86. The lowest BCUT2D eigenvalue weighted by Crippen LogP contribution is -2.36. The van der Waals surface area contributed by atoms with E-state index in [9.17, 15) is 40.4 Å². The third-order valence-electron chi connectivity index (χ3n) is 8.95. The summed E-state index contributed by atoms with van der Waals surface area (Å²) in [5.41, 5.74) is 2.68. The van der Waals surface area contributed by atoms with E-state index in [2.05, 4.69) is 37.1 Å². The first-order chi connectivity index (χ1) is 25.3. The van der Waals surface area contributed by atoms with E-state index in [1.54, 1.807) is 12.1 Å². The van der Waals surface area contributed by atoms with Crippen molar-refractivity contribution in [2.75, 3.05) is 16.7 Å². The number of para-hydroxylation sites is 1. The van der Waals surface area contributed by atoms with Gasteiger partial charge in [0.05, 0.1) is 35.1 Å². The van der Waals surface area contributed by atoms with Gasteiger partial charge < -0.3 is 11.1 Å². The molecule has 278 valence electrons. The highest BCUT2D eigenvalue weighted by molar-refractivity contribution is 7.92. The third-order valence-corrected chi connectivity index (χ3v) is 9.51. The van der Waals surface area contributed by atoms with Crippen molar-refractivity contribution in [2.45, 2.75) is 37.0 Å². The number of carbonyl (C=O) groups is 1. The number of alkyl halides is 5. The van der Waals surface area contributed by atoms with Crippen molar-refractivity contribution in [3.63, 3.8) is 0 Å². The summed E-state index contributed by atoms with van der Waals surface area (Å²) in [6, 6.07) is 8.82. The number of hydrogen-bond acceptors (Lipinski definition) is 8. The number of nitrogen functional groups attached to an aromatic ring is 1. The normalized spacial score (nSPS) is 17.5. The number of aromatic nitrogens is 5. The highest BCUT2D eigenvalue weighted by Gasteiger charge is 2.62. The molecule has 2 aliphatic carbocycles. The zero-order valence-electron chi connectivity index (χ0n) is 27.7. The maximum atomic E-state index is 15.4. The van der Waals surface area contributed by atoms with E-state index in [-0.39, 0.29) is 44.3 Å². The summed E-state index contributed by atoms with van der Waals surface area (Å²) in [4.78, 5) is 18.1. The number of nitriles is 1. The quantitative estimate of drug-likeness (QED) is 0.141. The molecule has 2 aliphatic rings. The molecule has 20 heteroatoms. The molecule has 2 aromatic carbocycles. The Kier molecular flexibility index (Phi) is 8.37. The smallest absolute Gasteiger partial charge is 0.396 e. The standard InChI is InChI=1S/C34H24F7N9O3S/c1-49-29-18(4-3-5-20(29)32(47-49)48-54(2,52)53)21-12-23(43)25(13-42)45-28(21)24(10-15-8-16(35)11-17(36)9-15)44-26(51)14-50-31-27(30(46-50)34(39,40)41)19-6-7-22(19)33(31,37)38/h3-5,8-9,11-12,19,22,24H,10,14,43H2,1-2H3,(H,44,51)(H,47,48). The van der Waals surface area contributed by atoms with E-state index in [0.29, 0.717) is 17.0 Å². The average Bonchev–Trinajstić information content (AvgIpc) is 3.60. The summed E-state index contributed by atoms with van der Waals surface area (Å²) in [5, 5.41) is 20.3. The average molecular weight is 772 g/mol. The molecule has 3 atom stereocenters. The van der Waals surface area contributed by atoms with Crippen molar-refractivity contribution in [1.29, 1.82) is 5.26 Å². The van der Waals surface area contributed by atoms with Crippen LogP contribution in [0.1, 0.15) is 45.9 Å². The van der Waals surface area contributed by atoms with Crippen LogP contribution in [0.25, 0.3) is 22.0 Å². The number of rotatable bonds is 9. The first-order valence-electron chi connectivity index (χ1n) is 15.7. The van der Waals surface area contributed by atoms with E-state index in [4.69, 9.17) is 5.73 Å². The van der Waals surface area contributed by atoms with Crippen molar-refractivity contribution < 1.29 is 43.9 Å². The van der Waals surface area contributed by atoms with Crippen LogP contribution in [0, 0.1) is 40.7 Å². The molecule has 0 bridgehead atoms. The molecule has 5 aromatic rings. The van der Waals surface area contributed by atoms with E-state index in [1.165, 1.54) is 23.9 Å². The molecule has 0 aliphatic heterocycles. The zero-order chi connectivity index (χ0) is 39.1. The highest BCUT2D eigenvalue weighted by Crippen LogP contribution is 2.58. The van der Waals surface area contributed by atoms with Gasteiger partial charge in [-0.1, -0.05) is 24.0 Å². The topological polar surface area (TPSA) is 174 Å². The molecule has 0 fully saturated rings. The van der Waals surface area contributed by atoms with Gasteiger partial charge in [0.2, 0.25) is 15.9 Å². The predicted octanol–water partition coefficient (Wildman–Crippen LogP) is 4.88. The number of carbonyl (C=O) groups excluding carboxylic acids is 1. The van der Waals surface area contributed by atoms with Crippen LogP contribution in [-0.2, 0) is 46.9 Å². The van der Waals surface area contributed by atoms with E-state index < -0.39 is 87.5 Å². The molecular weight excluding hydrogens is 747 g/mol. The summed E-state index contributed by atoms with van der Waals surface area (Å²) in [6.07, 6.45) is -4.68. The second-order valence-corrected chi connectivity index (χ2v) is 14.5. The number of nitrogens with one attached hydrogen (secondary N) is 2. The number of nitrogens with two attached hydrogens (primary N) is 1. The van der Waals surface area contributed by atoms with E-state index >= 15 is 8.78 Å². The fraction of sp³-hybridized carbons (Fsp3) is 0.265. The van der Waals surface area contributed by atoms with E-state index in [0.717, 1.165) is 18.4 Å². The van der Waals surface area contributed by atoms with Gasteiger partial charge in [0, 0.05) is 35.2 Å². The summed E-state index contributed by atoms with van der Waals surface area (Å²) in [6.45, 7) is -1.16. The maximum Gasteiger partial charge on any atom is 0.435 e. The van der Waals surface area contributed by atoms with E-state index in [1.807, 2.05) is 6.07 Å². The zero-order valence-corrected chi connectivity index (χ0v) is 28.5. The second kappa shape index (κ2) is 12.5. The molecule has 0 radical (unpaired) electrons. The number of aryl methyl sites for hydroxylation is 1. The Morgan fingerprint density at radius 1 is 1.11 bits per heavy atom. The molecule has 4 N–H and O–H groups in total. The van der Waals surface area contributed by atoms with Gasteiger partial charge in [0.25, 0.3) is 0 Å².